The van der Waals surface area contributed by atoms with E-state index in [1.165, 1.54) is 4.90 Å². The zero-order valence-electron chi connectivity index (χ0n) is 27.3. The van der Waals surface area contributed by atoms with Gasteiger partial charge in [-0.25, -0.2) is 4.79 Å². The second kappa shape index (κ2) is 16.1. The van der Waals surface area contributed by atoms with Crippen molar-refractivity contribution < 1.29 is 33.8 Å². The van der Waals surface area contributed by atoms with Gasteiger partial charge in [0.2, 0.25) is 17.7 Å². The Bertz CT molecular complexity index is 1590. The maximum absolute atomic E-state index is 14.1. The van der Waals surface area contributed by atoms with Crippen molar-refractivity contribution in [1.82, 2.24) is 20.9 Å². The van der Waals surface area contributed by atoms with E-state index in [4.69, 9.17) is 10.5 Å². The van der Waals surface area contributed by atoms with E-state index in [-0.39, 0.29) is 31.9 Å². The summed E-state index contributed by atoms with van der Waals surface area (Å²) in [5.74, 6) is -2.86. The van der Waals surface area contributed by atoms with E-state index in [1.54, 1.807) is 54.6 Å². The van der Waals surface area contributed by atoms with E-state index in [1.807, 2.05) is 51.1 Å². The van der Waals surface area contributed by atoms with Crippen molar-refractivity contribution in [2.75, 3.05) is 0 Å². The zero-order valence-corrected chi connectivity index (χ0v) is 27.3. The number of nitrogens with one attached hydrogen (secondary N) is 3. The monoisotopic (exact) mass is 657 g/mol. The molecule has 0 bridgehead atoms. The Morgan fingerprint density at radius 2 is 1.46 bits per heavy atom. The molecule has 12 heteroatoms. The minimum Gasteiger partial charge on any atom is -0.445 e. The maximum Gasteiger partial charge on any atom is 0.408 e. The number of nitrogens with zero attached hydrogens (tertiary/aromatic N) is 1. The summed E-state index contributed by atoms with van der Waals surface area (Å²) in [5, 5.41) is 19.6. The van der Waals surface area contributed by atoms with Crippen molar-refractivity contribution in [3.8, 4) is 0 Å². The van der Waals surface area contributed by atoms with Gasteiger partial charge in [0.25, 0.3) is 5.91 Å². The van der Waals surface area contributed by atoms with E-state index in [2.05, 4.69) is 16.0 Å². The predicted molar refractivity (Wildman–Crippen MR) is 178 cm³/mol. The molecule has 48 heavy (non-hydrogen) atoms. The van der Waals surface area contributed by atoms with Crippen molar-refractivity contribution >= 4 is 29.7 Å². The molecule has 0 saturated carbocycles. The summed E-state index contributed by atoms with van der Waals surface area (Å²) in [5.41, 5.74) is 7.98. The third-order valence-corrected chi connectivity index (χ3v) is 7.82. The van der Waals surface area contributed by atoms with Crippen LogP contribution in [0.15, 0.2) is 84.9 Å². The molecular formula is C36H43N5O7. The van der Waals surface area contributed by atoms with Gasteiger partial charge in [-0.2, -0.15) is 0 Å². The molecule has 0 saturated heterocycles. The second-order valence-corrected chi connectivity index (χ2v) is 12.9. The standard InChI is InChI=1S/C36H43N5O7/c1-36(2,3)40-33(45)29-19-25-16-10-11-17-26(25)21-41(29)34(46)31(43)27(18-23-12-6-4-7-13-23)38-32(44)28(20-30(37)42)39-35(47)48-22-24-14-8-5-9-15-24/h4-17,27-29,31,43H,18-22H2,1-3H3,(H2,37,42)(H,38,44)(H,39,47)(H,40,45)/t27-,28-,29+,31-/m0/s1. The summed E-state index contributed by atoms with van der Waals surface area (Å²) in [6, 6.07) is 21.6. The number of carbonyl (C=O) groups is 5. The van der Waals surface area contributed by atoms with Gasteiger partial charge in [-0.3, -0.25) is 19.2 Å². The highest BCUT2D eigenvalue weighted by Crippen LogP contribution is 2.25. The van der Waals surface area contributed by atoms with E-state index in [9.17, 15) is 29.1 Å². The molecule has 3 aromatic carbocycles. The molecule has 1 heterocycles. The Morgan fingerprint density at radius 1 is 0.875 bits per heavy atom. The number of ether oxygens (including phenoxy) is 1. The molecule has 6 N–H and O–H groups in total. The molecule has 12 nitrogen and oxygen atoms in total. The summed E-state index contributed by atoms with van der Waals surface area (Å²) in [6.45, 7) is 5.50. The fraction of sp³-hybridized carbons (Fsp3) is 0.361. The van der Waals surface area contributed by atoms with Crippen LogP contribution in [0.25, 0.3) is 0 Å². The van der Waals surface area contributed by atoms with Crippen LogP contribution in [0.4, 0.5) is 4.79 Å². The lowest BCUT2D eigenvalue weighted by Crippen LogP contribution is -2.61. The smallest absolute Gasteiger partial charge is 0.408 e. The topological polar surface area (TPSA) is 180 Å². The first-order valence-corrected chi connectivity index (χ1v) is 15.8. The van der Waals surface area contributed by atoms with E-state index in [0.29, 0.717) is 11.1 Å². The lowest BCUT2D eigenvalue weighted by molar-refractivity contribution is -0.151. The molecule has 0 fully saturated rings. The number of aliphatic hydroxyl groups is 1. The molecule has 0 aliphatic carbocycles. The number of nitrogens with two attached hydrogens (primary N) is 1. The minimum atomic E-state index is -1.80. The van der Waals surface area contributed by atoms with Crippen molar-refractivity contribution in [3.63, 3.8) is 0 Å². The number of amides is 5. The Kier molecular flexibility index (Phi) is 11.9. The fourth-order valence-corrected chi connectivity index (χ4v) is 5.49. The first-order chi connectivity index (χ1) is 22.8. The number of rotatable bonds is 12. The van der Waals surface area contributed by atoms with Crippen LogP contribution in [0.2, 0.25) is 0 Å². The van der Waals surface area contributed by atoms with Gasteiger partial charge in [0.1, 0.15) is 18.7 Å². The normalized spacial score (nSPS) is 16.0. The number of hydrogen-bond donors (Lipinski definition) is 5. The summed E-state index contributed by atoms with van der Waals surface area (Å²) < 4.78 is 5.22. The van der Waals surface area contributed by atoms with Gasteiger partial charge in [-0.1, -0.05) is 84.9 Å². The minimum absolute atomic E-state index is 0.0184. The molecule has 3 aromatic rings. The van der Waals surface area contributed by atoms with Gasteiger partial charge in [-0.15, -0.1) is 0 Å². The molecule has 0 aromatic heterocycles. The zero-order chi connectivity index (χ0) is 34.8. The fourth-order valence-electron chi connectivity index (χ4n) is 5.49. The van der Waals surface area contributed by atoms with Gasteiger partial charge < -0.3 is 36.4 Å². The first kappa shape index (κ1) is 35.6. The Labute approximate surface area is 280 Å². The number of aliphatic hydroxyl groups excluding tert-OH is 1. The van der Waals surface area contributed by atoms with Gasteiger partial charge in [0, 0.05) is 18.5 Å². The number of primary amides is 1. The van der Waals surface area contributed by atoms with Crippen LogP contribution in [-0.2, 0) is 49.9 Å². The van der Waals surface area contributed by atoms with Gasteiger partial charge in [-0.05, 0) is 49.4 Å². The quantitative estimate of drug-likeness (QED) is 0.198. The molecule has 1 aliphatic heterocycles. The van der Waals surface area contributed by atoms with E-state index in [0.717, 1.165) is 11.1 Å². The average Bonchev–Trinajstić information content (AvgIpc) is 3.05. The van der Waals surface area contributed by atoms with E-state index >= 15 is 0 Å². The highest BCUT2D eigenvalue weighted by Gasteiger charge is 2.41. The van der Waals surface area contributed by atoms with E-state index < -0.39 is 60.0 Å². The molecule has 4 atom stereocenters. The number of alkyl carbamates (subject to hydrolysis) is 1. The van der Waals surface area contributed by atoms with Crippen LogP contribution in [0.1, 0.15) is 49.4 Å². The van der Waals surface area contributed by atoms with Crippen molar-refractivity contribution in [3.05, 3.63) is 107 Å². The lowest BCUT2D eigenvalue weighted by Gasteiger charge is -2.39. The van der Waals surface area contributed by atoms with Crippen molar-refractivity contribution in [2.24, 2.45) is 5.73 Å². The van der Waals surface area contributed by atoms with Crippen LogP contribution in [0.5, 0.6) is 0 Å². The van der Waals surface area contributed by atoms with Crippen LogP contribution < -0.4 is 21.7 Å². The number of hydrogen-bond acceptors (Lipinski definition) is 7. The number of fused-ring (bicyclic) bond motifs is 1. The van der Waals surface area contributed by atoms with Crippen LogP contribution in [0, 0.1) is 0 Å². The number of carbonyl (C=O) groups excluding carboxylic acids is 5. The highest BCUT2D eigenvalue weighted by atomic mass is 16.5. The Morgan fingerprint density at radius 3 is 2.06 bits per heavy atom. The van der Waals surface area contributed by atoms with Crippen molar-refractivity contribution in [1.29, 1.82) is 0 Å². The predicted octanol–water partition coefficient (Wildman–Crippen LogP) is 2.11. The highest BCUT2D eigenvalue weighted by molar-refractivity contribution is 5.93. The van der Waals surface area contributed by atoms with Crippen LogP contribution in [-0.4, -0.2) is 69.5 Å². The van der Waals surface area contributed by atoms with Gasteiger partial charge in [0.05, 0.1) is 12.5 Å². The van der Waals surface area contributed by atoms with Gasteiger partial charge >= 0.3 is 6.09 Å². The average molecular weight is 658 g/mol. The molecular weight excluding hydrogens is 614 g/mol. The molecule has 0 unspecified atom stereocenters. The molecule has 0 radical (unpaired) electrons. The molecule has 254 valence electrons. The second-order valence-electron chi connectivity index (χ2n) is 12.9. The number of benzene rings is 3. The largest absolute Gasteiger partial charge is 0.445 e. The molecule has 0 spiro atoms. The summed E-state index contributed by atoms with van der Waals surface area (Å²) in [7, 11) is 0. The van der Waals surface area contributed by atoms with Crippen LogP contribution in [0.3, 0.4) is 0 Å². The lowest BCUT2D eigenvalue weighted by atomic mass is 9.91. The van der Waals surface area contributed by atoms with Crippen molar-refractivity contribution in [2.45, 2.75) is 83.0 Å². The molecule has 5 amide bonds. The SMILES string of the molecule is CC(C)(C)NC(=O)[C@H]1Cc2ccccc2CN1C(=O)[C@@H](O)[C@H](Cc1ccccc1)NC(=O)[C@H](CC(N)=O)NC(=O)OCc1ccccc1. The Balaban J connectivity index is 1.57. The third-order valence-electron chi connectivity index (χ3n) is 7.82. The molecule has 4 rings (SSSR count). The first-order valence-electron chi connectivity index (χ1n) is 15.8. The summed E-state index contributed by atoms with van der Waals surface area (Å²) in [6.07, 6.45) is -3.07. The Hall–Kier alpha value is -5.23. The van der Waals surface area contributed by atoms with Crippen LogP contribution >= 0.6 is 0 Å². The molecule has 1 aliphatic rings. The van der Waals surface area contributed by atoms with Gasteiger partial charge in [0.15, 0.2) is 6.10 Å². The maximum atomic E-state index is 14.1. The summed E-state index contributed by atoms with van der Waals surface area (Å²) >= 11 is 0. The summed E-state index contributed by atoms with van der Waals surface area (Å²) in [4.78, 5) is 67.1. The third kappa shape index (κ3) is 10.1.